The van der Waals surface area contributed by atoms with Crippen LogP contribution in [0.5, 0.6) is 5.75 Å². The third-order valence-electron chi connectivity index (χ3n) is 3.46. The number of hydrogen-bond donors (Lipinski definition) is 0. The fraction of sp³-hybridized carbons (Fsp3) is 0.467. The third-order valence-corrected chi connectivity index (χ3v) is 3.46. The largest absolute Gasteiger partial charge is 0.492 e. The lowest BCUT2D eigenvalue weighted by molar-refractivity contribution is 0.137. The van der Waals surface area contributed by atoms with Gasteiger partial charge in [0, 0.05) is 31.8 Å². The van der Waals surface area contributed by atoms with E-state index in [1.165, 1.54) is 6.39 Å². The molecule has 3 rings (SSSR count). The van der Waals surface area contributed by atoms with E-state index in [0.717, 1.165) is 50.6 Å². The van der Waals surface area contributed by atoms with Gasteiger partial charge in [0.25, 0.3) is 0 Å². The van der Waals surface area contributed by atoms with E-state index in [9.17, 15) is 0 Å². The maximum absolute atomic E-state index is 5.78. The first-order valence-electron chi connectivity index (χ1n) is 7.21. The highest BCUT2D eigenvalue weighted by Crippen LogP contribution is 2.19. The highest BCUT2D eigenvalue weighted by molar-refractivity contribution is 5.55. The van der Waals surface area contributed by atoms with Gasteiger partial charge in [-0.2, -0.15) is 4.98 Å². The Balaban J connectivity index is 1.47. The number of aromatic nitrogens is 2. The van der Waals surface area contributed by atoms with Gasteiger partial charge in [0.2, 0.25) is 12.2 Å². The quantitative estimate of drug-likeness (QED) is 0.837. The first-order valence-corrected chi connectivity index (χ1v) is 7.21. The van der Waals surface area contributed by atoms with Gasteiger partial charge in [0.15, 0.2) is 0 Å². The summed E-state index contributed by atoms with van der Waals surface area (Å²) in [7, 11) is 0. The minimum Gasteiger partial charge on any atom is -0.492 e. The van der Waals surface area contributed by atoms with Crippen LogP contribution < -0.4 is 4.74 Å². The van der Waals surface area contributed by atoms with E-state index < -0.39 is 0 Å². The lowest BCUT2D eigenvalue weighted by Gasteiger charge is -2.19. The molecule has 112 valence electrons. The summed E-state index contributed by atoms with van der Waals surface area (Å²) in [5.41, 5.74) is 0.917. The Kier molecular flexibility index (Phi) is 4.81. The molecule has 0 saturated carbocycles. The molecule has 1 aromatic heterocycles. The Morgan fingerprint density at radius 3 is 2.86 bits per heavy atom. The SMILES string of the molecule is c1nc(-c2ccc(OCCN3CCCOCC3)cc2)no1. The Hall–Kier alpha value is -1.92. The van der Waals surface area contributed by atoms with Crippen molar-refractivity contribution in [3.05, 3.63) is 30.7 Å². The van der Waals surface area contributed by atoms with Gasteiger partial charge in [0.05, 0.1) is 6.61 Å². The van der Waals surface area contributed by atoms with Crippen LogP contribution in [0.25, 0.3) is 11.4 Å². The summed E-state index contributed by atoms with van der Waals surface area (Å²) in [4.78, 5) is 6.39. The highest BCUT2D eigenvalue weighted by Gasteiger charge is 2.09. The monoisotopic (exact) mass is 289 g/mol. The van der Waals surface area contributed by atoms with Gasteiger partial charge in [-0.15, -0.1) is 0 Å². The second-order valence-electron chi connectivity index (χ2n) is 4.94. The molecule has 1 saturated heterocycles. The van der Waals surface area contributed by atoms with Gasteiger partial charge in [0.1, 0.15) is 12.4 Å². The van der Waals surface area contributed by atoms with Gasteiger partial charge >= 0.3 is 0 Å². The molecule has 2 heterocycles. The number of hydrogen-bond acceptors (Lipinski definition) is 6. The van der Waals surface area contributed by atoms with Crippen LogP contribution in [-0.4, -0.2) is 54.5 Å². The third kappa shape index (κ3) is 4.03. The highest BCUT2D eigenvalue weighted by atomic mass is 16.5. The summed E-state index contributed by atoms with van der Waals surface area (Å²) in [6.45, 7) is 5.37. The van der Waals surface area contributed by atoms with E-state index in [1.54, 1.807) is 0 Å². The topological polar surface area (TPSA) is 60.6 Å². The van der Waals surface area contributed by atoms with Crippen LogP contribution >= 0.6 is 0 Å². The summed E-state index contributed by atoms with van der Waals surface area (Å²) >= 11 is 0. The fourth-order valence-electron chi connectivity index (χ4n) is 2.31. The Morgan fingerprint density at radius 2 is 2.05 bits per heavy atom. The van der Waals surface area contributed by atoms with E-state index in [0.29, 0.717) is 12.4 Å². The molecule has 6 heteroatoms. The van der Waals surface area contributed by atoms with Crippen molar-refractivity contribution in [2.75, 3.05) is 39.5 Å². The zero-order chi connectivity index (χ0) is 14.3. The molecular weight excluding hydrogens is 270 g/mol. The van der Waals surface area contributed by atoms with Crippen LogP contribution in [-0.2, 0) is 4.74 Å². The average molecular weight is 289 g/mol. The molecule has 1 fully saturated rings. The van der Waals surface area contributed by atoms with Crippen molar-refractivity contribution in [3.8, 4) is 17.1 Å². The molecule has 0 bridgehead atoms. The van der Waals surface area contributed by atoms with Gasteiger partial charge in [-0.25, -0.2) is 0 Å². The molecule has 2 aromatic rings. The lowest BCUT2D eigenvalue weighted by Crippen LogP contribution is -2.30. The maximum Gasteiger partial charge on any atom is 0.214 e. The first kappa shape index (κ1) is 14.0. The number of benzene rings is 1. The van der Waals surface area contributed by atoms with Crippen LogP contribution in [0.15, 0.2) is 35.2 Å². The van der Waals surface area contributed by atoms with Crippen molar-refractivity contribution in [2.24, 2.45) is 0 Å². The minimum atomic E-state index is 0.589. The van der Waals surface area contributed by atoms with Gasteiger partial charge < -0.3 is 14.0 Å². The Labute approximate surface area is 123 Å². The molecule has 0 spiro atoms. The molecule has 6 nitrogen and oxygen atoms in total. The summed E-state index contributed by atoms with van der Waals surface area (Å²) in [5.74, 6) is 1.44. The van der Waals surface area contributed by atoms with Crippen LogP contribution in [0, 0.1) is 0 Å². The standard InChI is InChI=1S/C15H19N3O3/c1-6-18(7-10-19-9-1)8-11-20-14-4-2-13(3-5-14)15-16-12-21-17-15/h2-5,12H,1,6-11H2. The maximum atomic E-state index is 5.78. The number of nitrogens with zero attached hydrogens (tertiary/aromatic N) is 3. The van der Waals surface area contributed by atoms with Crippen LogP contribution in [0.4, 0.5) is 0 Å². The van der Waals surface area contributed by atoms with E-state index in [1.807, 2.05) is 24.3 Å². The molecule has 21 heavy (non-hydrogen) atoms. The van der Waals surface area contributed by atoms with E-state index >= 15 is 0 Å². The van der Waals surface area contributed by atoms with Crippen molar-refractivity contribution in [3.63, 3.8) is 0 Å². The van der Waals surface area contributed by atoms with Crippen molar-refractivity contribution < 1.29 is 14.0 Å². The summed E-state index contributed by atoms with van der Waals surface area (Å²) in [6.07, 6.45) is 2.42. The summed E-state index contributed by atoms with van der Waals surface area (Å²) < 4.78 is 15.9. The molecule has 1 aliphatic heterocycles. The second kappa shape index (κ2) is 7.19. The summed E-state index contributed by atoms with van der Waals surface area (Å²) in [6, 6.07) is 7.72. The van der Waals surface area contributed by atoms with Crippen molar-refractivity contribution in [1.29, 1.82) is 0 Å². The Morgan fingerprint density at radius 1 is 1.14 bits per heavy atom. The molecule has 0 amide bonds. The Bertz CT molecular complexity index is 520. The number of rotatable bonds is 5. The first-order chi connectivity index (χ1) is 10.4. The van der Waals surface area contributed by atoms with Crippen LogP contribution in [0.1, 0.15) is 6.42 Å². The minimum absolute atomic E-state index is 0.589. The molecule has 1 aromatic carbocycles. The van der Waals surface area contributed by atoms with Crippen LogP contribution in [0.3, 0.4) is 0 Å². The van der Waals surface area contributed by atoms with Gasteiger partial charge in [-0.05, 0) is 30.7 Å². The zero-order valence-corrected chi connectivity index (χ0v) is 11.9. The normalized spacial score (nSPS) is 16.6. The average Bonchev–Trinajstić information content (AvgIpc) is 2.93. The van der Waals surface area contributed by atoms with Crippen LogP contribution in [0.2, 0.25) is 0 Å². The predicted octanol–water partition coefficient (Wildman–Crippen LogP) is 1.84. The zero-order valence-electron chi connectivity index (χ0n) is 11.9. The molecule has 0 radical (unpaired) electrons. The van der Waals surface area contributed by atoms with E-state index in [2.05, 4.69) is 15.0 Å². The predicted molar refractivity (Wildman–Crippen MR) is 77.1 cm³/mol. The molecule has 0 atom stereocenters. The molecular formula is C15H19N3O3. The smallest absolute Gasteiger partial charge is 0.214 e. The lowest BCUT2D eigenvalue weighted by atomic mass is 10.2. The van der Waals surface area contributed by atoms with Crippen molar-refractivity contribution >= 4 is 0 Å². The number of ether oxygens (including phenoxy) is 2. The van der Waals surface area contributed by atoms with Crippen molar-refractivity contribution in [2.45, 2.75) is 6.42 Å². The summed E-state index contributed by atoms with van der Waals surface area (Å²) in [5, 5.41) is 3.80. The second-order valence-corrected chi connectivity index (χ2v) is 4.94. The van der Waals surface area contributed by atoms with E-state index in [4.69, 9.17) is 14.0 Å². The van der Waals surface area contributed by atoms with Gasteiger partial charge in [-0.1, -0.05) is 5.16 Å². The molecule has 0 unspecified atom stereocenters. The van der Waals surface area contributed by atoms with E-state index in [-0.39, 0.29) is 0 Å². The van der Waals surface area contributed by atoms with Gasteiger partial charge in [-0.3, -0.25) is 4.90 Å². The fourth-order valence-corrected chi connectivity index (χ4v) is 2.31. The molecule has 0 aliphatic carbocycles. The molecule has 1 aliphatic rings. The van der Waals surface area contributed by atoms with Crippen molar-refractivity contribution in [1.82, 2.24) is 15.0 Å². The molecule has 0 N–H and O–H groups in total.